The lowest BCUT2D eigenvalue weighted by Crippen LogP contribution is -2.32. The molecule has 0 spiro atoms. The van der Waals surface area contributed by atoms with Crippen LogP contribution in [-0.4, -0.2) is 23.1 Å². The van der Waals surface area contributed by atoms with Gasteiger partial charge in [-0.2, -0.15) is 0 Å². The molecule has 96 valence electrons. The van der Waals surface area contributed by atoms with Crippen molar-refractivity contribution in [3.05, 3.63) is 24.7 Å². The van der Waals surface area contributed by atoms with Crippen LogP contribution in [0, 0.1) is 0 Å². The molecule has 0 radical (unpaired) electrons. The minimum absolute atomic E-state index is 0.0792. The molecule has 2 unspecified atom stereocenters. The normalized spacial score (nSPS) is 27.6. The van der Waals surface area contributed by atoms with Crippen LogP contribution in [0.5, 0.6) is 0 Å². The highest BCUT2D eigenvalue weighted by Crippen LogP contribution is 2.28. The summed E-state index contributed by atoms with van der Waals surface area (Å²) in [4.78, 5) is 6.07. The Labute approximate surface area is 104 Å². The van der Waals surface area contributed by atoms with Gasteiger partial charge in [-0.05, 0) is 25.3 Å². The van der Waals surface area contributed by atoms with Crippen molar-refractivity contribution in [3.63, 3.8) is 0 Å². The fourth-order valence-corrected chi connectivity index (χ4v) is 1.94. The van der Waals surface area contributed by atoms with Gasteiger partial charge in [-0.25, -0.2) is 4.99 Å². The second-order valence-corrected chi connectivity index (χ2v) is 3.87. The molecule has 0 bridgehead atoms. The fraction of sp³-hybridized carbons (Fsp3) is 0.615. The minimum Gasteiger partial charge on any atom is -0.384 e. The number of aliphatic imine (C=N–C) groups is 1. The van der Waals surface area contributed by atoms with Gasteiger partial charge in [-0.15, -0.1) is 0 Å². The summed E-state index contributed by atoms with van der Waals surface area (Å²) in [5, 5.41) is 0. The quantitative estimate of drug-likeness (QED) is 0.803. The van der Waals surface area contributed by atoms with Gasteiger partial charge >= 0.3 is 0 Å². The molecule has 4 nitrogen and oxygen atoms in total. The van der Waals surface area contributed by atoms with Crippen molar-refractivity contribution in [2.75, 3.05) is 0 Å². The third kappa shape index (κ3) is 3.33. The molecule has 4 heteroatoms. The van der Waals surface area contributed by atoms with E-state index in [0.717, 1.165) is 19.3 Å². The van der Waals surface area contributed by atoms with Crippen LogP contribution in [0.3, 0.4) is 0 Å². The number of rotatable bonds is 2. The Balaban J connectivity index is 0.000000686. The lowest BCUT2D eigenvalue weighted by Gasteiger charge is -2.28. The molecule has 17 heavy (non-hydrogen) atoms. The summed E-state index contributed by atoms with van der Waals surface area (Å²) in [7, 11) is 0. The molecule has 0 amide bonds. The van der Waals surface area contributed by atoms with Crippen LogP contribution in [0.2, 0.25) is 0 Å². The summed E-state index contributed by atoms with van der Waals surface area (Å²) in [6, 6.07) is 0. The average Bonchev–Trinajstić information content (AvgIpc) is 2.80. The third-order valence-electron chi connectivity index (χ3n) is 2.81. The van der Waals surface area contributed by atoms with Gasteiger partial charge in [0.1, 0.15) is 17.9 Å². The maximum atomic E-state index is 5.86. The zero-order valence-corrected chi connectivity index (χ0v) is 11.0. The Kier molecular flexibility index (Phi) is 5.22. The molecule has 0 aliphatic carbocycles. The molecule has 0 aromatic rings. The highest BCUT2D eigenvalue weighted by molar-refractivity contribution is 5.92. The van der Waals surface area contributed by atoms with Gasteiger partial charge in [0.15, 0.2) is 0 Å². The number of ether oxygens (including phenoxy) is 1. The van der Waals surface area contributed by atoms with Gasteiger partial charge < -0.3 is 15.4 Å². The molecule has 1 fully saturated rings. The largest absolute Gasteiger partial charge is 0.384 e. The standard InChI is InChI=1S/C11H17N3O.C2H6/c1-3-9-4-5-11(15-9)14-7-6-10(12)13-8(14)2;1-2/h6-7,9,11H,2-5H2,1H3,(H2,12,13);1-2H3. The maximum absolute atomic E-state index is 5.86. The summed E-state index contributed by atoms with van der Waals surface area (Å²) in [6.07, 6.45) is 7.32. The van der Waals surface area contributed by atoms with Crippen molar-refractivity contribution >= 4 is 5.84 Å². The second kappa shape index (κ2) is 6.45. The SMILES string of the molecule is C=C1N=C(N)C=CN1C1CCC(CC)O1.CC. The van der Waals surface area contributed by atoms with Crippen LogP contribution in [-0.2, 0) is 4.74 Å². The van der Waals surface area contributed by atoms with Crippen LogP contribution in [0.15, 0.2) is 29.7 Å². The average molecular weight is 237 g/mol. The molecular weight excluding hydrogens is 214 g/mol. The summed E-state index contributed by atoms with van der Waals surface area (Å²) >= 11 is 0. The Bertz CT molecular complexity index is 323. The molecule has 1 saturated heterocycles. The molecule has 2 aliphatic rings. The molecule has 2 aliphatic heterocycles. The molecule has 0 aromatic carbocycles. The van der Waals surface area contributed by atoms with Crippen molar-refractivity contribution in [3.8, 4) is 0 Å². The van der Waals surface area contributed by atoms with Crippen LogP contribution in [0.4, 0.5) is 0 Å². The first kappa shape index (κ1) is 13.8. The number of nitrogens with two attached hydrogens (primary N) is 1. The monoisotopic (exact) mass is 237 g/mol. The van der Waals surface area contributed by atoms with Gasteiger partial charge in [0, 0.05) is 6.20 Å². The fourth-order valence-electron chi connectivity index (χ4n) is 1.94. The first-order chi connectivity index (χ1) is 8.20. The molecular formula is C13H23N3O. The highest BCUT2D eigenvalue weighted by Gasteiger charge is 2.29. The van der Waals surface area contributed by atoms with E-state index in [4.69, 9.17) is 10.5 Å². The zero-order valence-electron chi connectivity index (χ0n) is 11.0. The van der Waals surface area contributed by atoms with E-state index in [1.165, 1.54) is 0 Å². The van der Waals surface area contributed by atoms with E-state index < -0.39 is 0 Å². The predicted molar refractivity (Wildman–Crippen MR) is 71.3 cm³/mol. The molecule has 2 heterocycles. The first-order valence-corrected chi connectivity index (χ1v) is 6.35. The van der Waals surface area contributed by atoms with Gasteiger partial charge in [-0.3, -0.25) is 0 Å². The van der Waals surface area contributed by atoms with Crippen molar-refractivity contribution in [2.45, 2.75) is 52.4 Å². The van der Waals surface area contributed by atoms with E-state index in [9.17, 15) is 0 Å². The summed E-state index contributed by atoms with van der Waals surface area (Å²) in [5.41, 5.74) is 5.57. The van der Waals surface area contributed by atoms with E-state index in [2.05, 4.69) is 18.5 Å². The van der Waals surface area contributed by atoms with Gasteiger partial charge in [0.2, 0.25) is 0 Å². The number of hydrogen-bond acceptors (Lipinski definition) is 4. The third-order valence-corrected chi connectivity index (χ3v) is 2.81. The van der Waals surface area contributed by atoms with E-state index in [1.807, 2.05) is 24.9 Å². The smallest absolute Gasteiger partial charge is 0.135 e. The Hall–Kier alpha value is -1.29. The van der Waals surface area contributed by atoms with Crippen LogP contribution in [0.25, 0.3) is 0 Å². The van der Waals surface area contributed by atoms with E-state index >= 15 is 0 Å². The molecule has 2 rings (SSSR count). The summed E-state index contributed by atoms with van der Waals surface area (Å²) < 4.78 is 5.86. The molecule has 0 aromatic heterocycles. The van der Waals surface area contributed by atoms with E-state index in [-0.39, 0.29) is 6.23 Å². The Morgan fingerprint density at radius 2 is 2.24 bits per heavy atom. The van der Waals surface area contributed by atoms with Gasteiger partial charge in [-0.1, -0.05) is 27.4 Å². The van der Waals surface area contributed by atoms with Crippen molar-refractivity contribution in [1.82, 2.24) is 4.90 Å². The van der Waals surface area contributed by atoms with Crippen molar-refractivity contribution in [2.24, 2.45) is 10.7 Å². The van der Waals surface area contributed by atoms with Gasteiger partial charge in [0.05, 0.1) is 6.10 Å². The molecule has 0 saturated carbocycles. The second-order valence-electron chi connectivity index (χ2n) is 3.87. The summed E-state index contributed by atoms with van der Waals surface area (Å²) in [6.45, 7) is 10.0. The number of nitrogens with zero attached hydrogens (tertiary/aromatic N) is 2. The van der Waals surface area contributed by atoms with E-state index in [1.54, 1.807) is 6.08 Å². The minimum atomic E-state index is 0.0792. The molecule has 2 atom stereocenters. The topological polar surface area (TPSA) is 50.8 Å². The Morgan fingerprint density at radius 1 is 1.53 bits per heavy atom. The first-order valence-electron chi connectivity index (χ1n) is 6.35. The van der Waals surface area contributed by atoms with Crippen LogP contribution >= 0.6 is 0 Å². The van der Waals surface area contributed by atoms with Crippen LogP contribution in [0.1, 0.15) is 40.0 Å². The summed E-state index contributed by atoms with van der Waals surface area (Å²) in [5.74, 6) is 1.16. The number of hydrogen-bond donors (Lipinski definition) is 1. The van der Waals surface area contributed by atoms with Crippen molar-refractivity contribution < 1.29 is 4.74 Å². The maximum Gasteiger partial charge on any atom is 0.135 e. The molecule has 2 N–H and O–H groups in total. The zero-order chi connectivity index (χ0) is 12.8. The van der Waals surface area contributed by atoms with Crippen LogP contribution < -0.4 is 5.73 Å². The lowest BCUT2D eigenvalue weighted by molar-refractivity contribution is -0.0212. The lowest BCUT2D eigenvalue weighted by atomic mass is 10.2. The van der Waals surface area contributed by atoms with Crippen molar-refractivity contribution in [1.29, 1.82) is 0 Å². The number of amidine groups is 1. The van der Waals surface area contributed by atoms with Gasteiger partial charge in [0.25, 0.3) is 0 Å². The predicted octanol–water partition coefficient (Wildman–Crippen LogP) is 2.59. The Morgan fingerprint density at radius 3 is 2.76 bits per heavy atom. The van der Waals surface area contributed by atoms with E-state index in [0.29, 0.717) is 17.8 Å². The highest BCUT2D eigenvalue weighted by atomic mass is 16.5.